The molecule has 1 aromatic rings. The Morgan fingerprint density at radius 2 is 2.38 bits per heavy atom. The molecule has 90 valence electrons. The van der Waals surface area contributed by atoms with Crippen molar-refractivity contribution in [2.45, 2.75) is 38.8 Å². The van der Waals surface area contributed by atoms with Crippen LogP contribution >= 0.6 is 0 Å². The normalized spacial score (nSPS) is 14.7. The summed E-state index contributed by atoms with van der Waals surface area (Å²) in [6.07, 6.45) is 3.04. The molecule has 2 atom stereocenters. The standard InChI is InChI=1S/C10H18N4O2/c1-4-5-8(10(15)16)12-7(2)9-13-11-6-14(9)3/h6-8,12H,4-5H2,1-3H3,(H,15,16). The topological polar surface area (TPSA) is 80.0 Å². The van der Waals surface area contributed by atoms with Crippen LogP contribution in [0.5, 0.6) is 0 Å². The van der Waals surface area contributed by atoms with E-state index in [-0.39, 0.29) is 6.04 Å². The molecule has 0 radical (unpaired) electrons. The van der Waals surface area contributed by atoms with E-state index in [0.29, 0.717) is 6.42 Å². The predicted molar refractivity (Wildman–Crippen MR) is 58.9 cm³/mol. The summed E-state index contributed by atoms with van der Waals surface area (Å²) in [7, 11) is 1.84. The second kappa shape index (κ2) is 5.60. The van der Waals surface area contributed by atoms with Gasteiger partial charge in [-0.1, -0.05) is 13.3 Å². The minimum Gasteiger partial charge on any atom is -0.480 e. The van der Waals surface area contributed by atoms with E-state index in [9.17, 15) is 4.79 Å². The van der Waals surface area contributed by atoms with Crippen LogP contribution in [0.2, 0.25) is 0 Å². The molecule has 6 heteroatoms. The molecule has 0 fully saturated rings. The lowest BCUT2D eigenvalue weighted by Crippen LogP contribution is -2.38. The van der Waals surface area contributed by atoms with Crippen LogP contribution in [0.1, 0.15) is 38.6 Å². The van der Waals surface area contributed by atoms with Crippen molar-refractivity contribution in [2.75, 3.05) is 0 Å². The molecule has 0 saturated carbocycles. The first-order valence-electron chi connectivity index (χ1n) is 5.39. The maximum Gasteiger partial charge on any atom is 0.320 e. The molecule has 1 aromatic heterocycles. The molecule has 0 aliphatic carbocycles. The largest absolute Gasteiger partial charge is 0.480 e. The SMILES string of the molecule is CCCC(NC(C)c1nncn1C)C(=O)O. The number of nitrogens with one attached hydrogen (secondary N) is 1. The highest BCUT2D eigenvalue weighted by atomic mass is 16.4. The van der Waals surface area contributed by atoms with Crippen LogP contribution in [0.4, 0.5) is 0 Å². The molecular weight excluding hydrogens is 208 g/mol. The number of carbonyl (C=O) groups is 1. The van der Waals surface area contributed by atoms with E-state index < -0.39 is 12.0 Å². The Kier molecular flexibility index (Phi) is 4.42. The van der Waals surface area contributed by atoms with E-state index >= 15 is 0 Å². The zero-order valence-corrected chi connectivity index (χ0v) is 9.84. The first kappa shape index (κ1) is 12.6. The summed E-state index contributed by atoms with van der Waals surface area (Å²) in [4.78, 5) is 11.0. The number of carboxylic acids is 1. The molecule has 2 N–H and O–H groups in total. The lowest BCUT2D eigenvalue weighted by atomic mass is 10.1. The average molecular weight is 226 g/mol. The van der Waals surface area contributed by atoms with Crippen LogP contribution in [0.15, 0.2) is 6.33 Å². The van der Waals surface area contributed by atoms with Gasteiger partial charge in [-0.2, -0.15) is 0 Å². The molecule has 0 amide bonds. The highest BCUT2D eigenvalue weighted by Crippen LogP contribution is 2.10. The number of nitrogens with zero attached hydrogens (tertiary/aromatic N) is 3. The van der Waals surface area contributed by atoms with Gasteiger partial charge in [-0.25, -0.2) is 0 Å². The van der Waals surface area contributed by atoms with E-state index in [1.807, 2.05) is 20.9 Å². The number of aliphatic carboxylic acids is 1. The Morgan fingerprint density at radius 3 is 2.81 bits per heavy atom. The van der Waals surface area contributed by atoms with Crippen molar-refractivity contribution < 1.29 is 9.90 Å². The van der Waals surface area contributed by atoms with Gasteiger partial charge in [0.05, 0.1) is 6.04 Å². The molecule has 6 nitrogen and oxygen atoms in total. The van der Waals surface area contributed by atoms with Gasteiger partial charge in [-0.05, 0) is 13.3 Å². The van der Waals surface area contributed by atoms with E-state index in [0.717, 1.165) is 12.2 Å². The maximum atomic E-state index is 11.0. The summed E-state index contributed by atoms with van der Waals surface area (Å²) in [6, 6.07) is -0.656. The number of hydrogen-bond acceptors (Lipinski definition) is 4. The minimum atomic E-state index is -0.823. The molecule has 0 aliphatic heterocycles. The maximum absolute atomic E-state index is 11.0. The zero-order valence-electron chi connectivity index (χ0n) is 9.84. The Balaban J connectivity index is 2.65. The van der Waals surface area contributed by atoms with Crippen LogP contribution < -0.4 is 5.32 Å². The predicted octanol–water partition coefficient (Wildman–Crippen LogP) is 0.719. The van der Waals surface area contributed by atoms with Gasteiger partial charge in [-0.3, -0.25) is 10.1 Å². The highest BCUT2D eigenvalue weighted by molar-refractivity contribution is 5.73. The smallest absolute Gasteiger partial charge is 0.320 e. The highest BCUT2D eigenvalue weighted by Gasteiger charge is 2.21. The Bertz CT molecular complexity index is 350. The van der Waals surface area contributed by atoms with Crippen LogP contribution in [-0.4, -0.2) is 31.9 Å². The average Bonchev–Trinajstić information content (AvgIpc) is 2.63. The molecule has 1 heterocycles. The quantitative estimate of drug-likeness (QED) is 0.747. The van der Waals surface area contributed by atoms with E-state index in [1.54, 1.807) is 10.9 Å². The van der Waals surface area contributed by atoms with Crippen molar-refractivity contribution in [3.63, 3.8) is 0 Å². The van der Waals surface area contributed by atoms with Crippen molar-refractivity contribution >= 4 is 5.97 Å². The molecule has 0 saturated heterocycles. The van der Waals surface area contributed by atoms with Gasteiger partial charge in [0.25, 0.3) is 0 Å². The summed E-state index contributed by atoms with van der Waals surface area (Å²) < 4.78 is 1.78. The number of aromatic nitrogens is 3. The second-order valence-corrected chi connectivity index (χ2v) is 3.87. The van der Waals surface area contributed by atoms with E-state index in [2.05, 4.69) is 15.5 Å². The molecular formula is C10H18N4O2. The minimum absolute atomic E-state index is 0.125. The fourth-order valence-corrected chi connectivity index (χ4v) is 1.63. The third-order valence-electron chi connectivity index (χ3n) is 2.46. The molecule has 0 spiro atoms. The van der Waals surface area contributed by atoms with Crippen LogP contribution in [0, 0.1) is 0 Å². The van der Waals surface area contributed by atoms with Crippen molar-refractivity contribution in [2.24, 2.45) is 7.05 Å². The second-order valence-electron chi connectivity index (χ2n) is 3.87. The lowest BCUT2D eigenvalue weighted by Gasteiger charge is -2.18. The molecule has 1 rings (SSSR count). The van der Waals surface area contributed by atoms with Crippen molar-refractivity contribution in [3.8, 4) is 0 Å². The van der Waals surface area contributed by atoms with Crippen molar-refractivity contribution in [1.82, 2.24) is 20.1 Å². The molecule has 0 aliphatic rings. The first-order valence-corrected chi connectivity index (χ1v) is 5.39. The summed E-state index contributed by atoms with van der Waals surface area (Å²) in [5.41, 5.74) is 0. The number of carboxylic acid groups (broad SMARTS) is 1. The van der Waals surface area contributed by atoms with Gasteiger partial charge < -0.3 is 9.67 Å². The van der Waals surface area contributed by atoms with Gasteiger partial charge in [0, 0.05) is 7.05 Å². The fraction of sp³-hybridized carbons (Fsp3) is 0.700. The van der Waals surface area contributed by atoms with Gasteiger partial charge in [0.1, 0.15) is 18.2 Å². The summed E-state index contributed by atoms with van der Waals surface area (Å²) in [6.45, 7) is 3.85. The van der Waals surface area contributed by atoms with E-state index in [4.69, 9.17) is 5.11 Å². The molecule has 16 heavy (non-hydrogen) atoms. The third kappa shape index (κ3) is 3.03. The Hall–Kier alpha value is -1.43. The molecule has 0 aromatic carbocycles. The lowest BCUT2D eigenvalue weighted by molar-refractivity contribution is -0.139. The number of aryl methyl sites for hydroxylation is 1. The van der Waals surface area contributed by atoms with Crippen molar-refractivity contribution in [3.05, 3.63) is 12.2 Å². The number of hydrogen-bond donors (Lipinski definition) is 2. The van der Waals surface area contributed by atoms with E-state index in [1.165, 1.54) is 0 Å². The van der Waals surface area contributed by atoms with Crippen LogP contribution in [0.3, 0.4) is 0 Å². The van der Waals surface area contributed by atoms with Gasteiger partial charge in [0.2, 0.25) is 0 Å². The van der Waals surface area contributed by atoms with Crippen LogP contribution in [-0.2, 0) is 11.8 Å². The fourth-order valence-electron chi connectivity index (χ4n) is 1.63. The summed E-state index contributed by atoms with van der Waals surface area (Å²) in [5.74, 6) is -0.0850. The number of rotatable bonds is 6. The van der Waals surface area contributed by atoms with Gasteiger partial charge in [-0.15, -0.1) is 10.2 Å². The monoisotopic (exact) mass is 226 g/mol. The summed E-state index contributed by atoms with van der Waals surface area (Å²) >= 11 is 0. The molecule has 0 bridgehead atoms. The first-order chi connectivity index (χ1) is 7.56. The third-order valence-corrected chi connectivity index (χ3v) is 2.46. The summed E-state index contributed by atoms with van der Waals surface area (Å²) in [5, 5.41) is 19.8. The van der Waals surface area contributed by atoms with Gasteiger partial charge in [0.15, 0.2) is 0 Å². The Labute approximate surface area is 94.7 Å². The van der Waals surface area contributed by atoms with Gasteiger partial charge >= 0.3 is 5.97 Å². The Morgan fingerprint density at radius 1 is 1.69 bits per heavy atom. The molecule has 2 unspecified atom stereocenters. The zero-order chi connectivity index (χ0) is 12.1. The van der Waals surface area contributed by atoms with Crippen LogP contribution in [0.25, 0.3) is 0 Å². The van der Waals surface area contributed by atoms with Crippen molar-refractivity contribution in [1.29, 1.82) is 0 Å².